The molecule has 0 unspecified atom stereocenters. The minimum atomic E-state index is 0.159. The number of fused-ring (bicyclic) bond motifs is 3. The molecule has 0 amide bonds. The van der Waals surface area contributed by atoms with Crippen LogP contribution in [0.4, 0.5) is 0 Å². The normalized spacial score (nSPS) is 12.6. The second-order valence-electron chi connectivity index (χ2n) is 5.43. The number of pyridine rings is 1. The van der Waals surface area contributed by atoms with Crippen LogP contribution in [0.5, 0.6) is 0 Å². The van der Waals surface area contributed by atoms with E-state index < -0.39 is 0 Å². The fourth-order valence-corrected chi connectivity index (χ4v) is 1.99. The molecule has 1 N–H and O–H groups in total. The van der Waals surface area contributed by atoms with E-state index in [1.807, 2.05) is 0 Å². The molecule has 0 bridgehead atoms. The Morgan fingerprint density at radius 3 is 2.82 bits per heavy atom. The molecule has 0 saturated heterocycles. The molecule has 0 aromatic carbocycles. The summed E-state index contributed by atoms with van der Waals surface area (Å²) in [4.78, 5) is 16.1. The highest BCUT2D eigenvalue weighted by atomic mass is 16.3. The van der Waals surface area contributed by atoms with Gasteiger partial charge in [0.2, 0.25) is 5.71 Å². The number of H-pyrrole nitrogens is 1. The Labute approximate surface area is 98.3 Å². The second-order valence-corrected chi connectivity index (χ2v) is 5.43. The lowest BCUT2D eigenvalue weighted by Gasteiger charge is -2.17. The molecule has 0 radical (unpaired) electrons. The quantitative estimate of drug-likeness (QED) is 0.697. The Morgan fingerprint density at radius 1 is 1.24 bits per heavy atom. The molecule has 3 rings (SSSR count). The lowest BCUT2D eigenvalue weighted by molar-refractivity contribution is 0.407. The Kier molecular flexibility index (Phi) is 1.98. The Hall–Kier alpha value is -1.91. The van der Waals surface area contributed by atoms with Crippen LogP contribution >= 0.6 is 0 Å². The van der Waals surface area contributed by atoms with Gasteiger partial charge in [0.25, 0.3) is 0 Å². The van der Waals surface area contributed by atoms with Gasteiger partial charge in [-0.25, -0.2) is 15.0 Å². The van der Waals surface area contributed by atoms with Crippen LogP contribution in [0.15, 0.2) is 17.1 Å². The first kappa shape index (κ1) is 10.3. The van der Waals surface area contributed by atoms with Crippen molar-refractivity contribution < 1.29 is 4.42 Å². The number of aromatic nitrogens is 4. The molecule has 0 spiro atoms. The molecule has 0 atom stereocenters. The summed E-state index contributed by atoms with van der Waals surface area (Å²) in [5.41, 5.74) is 4.23. The molecule has 88 valence electrons. The molecule has 5 heteroatoms. The molecule has 3 heterocycles. The van der Waals surface area contributed by atoms with Crippen molar-refractivity contribution in [2.75, 3.05) is 0 Å². The summed E-state index contributed by atoms with van der Waals surface area (Å²) >= 11 is 0. The number of oxazole rings is 1. The number of nitrogens with zero attached hydrogens (tertiary/aromatic N) is 3. The summed E-state index contributed by atoms with van der Waals surface area (Å²) in [5.74, 6) is 0. The summed E-state index contributed by atoms with van der Waals surface area (Å²) in [7, 11) is 0. The number of nitrogens with one attached hydrogen (secondary N) is 1. The highest BCUT2D eigenvalue weighted by Crippen LogP contribution is 2.27. The standard InChI is InChI=1S/C12H14N4O/c1-12(2,3)4-7-8-9(14-5-13-8)10-11(16-7)17-6-15-10/h5-6H,4H2,1-3H3,(H,13,14). The Bertz CT molecular complexity index is 674. The number of hydrogen-bond donors (Lipinski definition) is 1. The third-order valence-corrected chi connectivity index (χ3v) is 2.63. The fourth-order valence-electron chi connectivity index (χ4n) is 1.99. The van der Waals surface area contributed by atoms with E-state index in [9.17, 15) is 0 Å². The average molecular weight is 230 g/mol. The zero-order valence-electron chi connectivity index (χ0n) is 10.1. The SMILES string of the molecule is CC(C)(C)Cc1nc2ocnc2c2[nH]cnc12. The molecule has 0 saturated carbocycles. The van der Waals surface area contributed by atoms with Crippen LogP contribution < -0.4 is 0 Å². The molecule has 0 aliphatic rings. The predicted molar refractivity (Wildman–Crippen MR) is 64.6 cm³/mol. The van der Waals surface area contributed by atoms with Gasteiger partial charge in [0.15, 0.2) is 11.9 Å². The van der Waals surface area contributed by atoms with E-state index in [-0.39, 0.29) is 5.41 Å². The van der Waals surface area contributed by atoms with Gasteiger partial charge in [-0.3, -0.25) is 0 Å². The minimum absolute atomic E-state index is 0.159. The van der Waals surface area contributed by atoms with Crippen molar-refractivity contribution in [3.8, 4) is 0 Å². The van der Waals surface area contributed by atoms with Gasteiger partial charge in [0.1, 0.15) is 5.52 Å². The van der Waals surface area contributed by atoms with Crippen molar-refractivity contribution in [1.82, 2.24) is 19.9 Å². The lowest BCUT2D eigenvalue weighted by Crippen LogP contribution is -2.11. The van der Waals surface area contributed by atoms with Gasteiger partial charge < -0.3 is 9.40 Å². The summed E-state index contributed by atoms with van der Waals surface area (Å²) in [6.45, 7) is 6.53. The van der Waals surface area contributed by atoms with Crippen LogP contribution in [0.1, 0.15) is 26.5 Å². The van der Waals surface area contributed by atoms with Crippen LogP contribution in [0.2, 0.25) is 0 Å². The van der Waals surface area contributed by atoms with Crippen molar-refractivity contribution >= 4 is 22.3 Å². The van der Waals surface area contributed by atoms with E-state index in [2.05, 4.69) is 40.7 Å². The van der Waals surface area contributed by atoms with Gasteiger partial charge in [-0.2, -0.15) is 0 Å². The van der Waals surface area contributed by atoms with E-state index in [4.69, 9.17) is 4.42 Å². The number of aromatic amines is 1. The first-order chi connectivity index (χ1) is 8.04. The summed E-state index contributed by atoms with van der Waals surface area (Å²) < 4.78 is 5.28. The van der Waals surface area contributed by atoms with Crippen LogP contribution in [-0.2, 0) is 6.42 Å². The minimum Gasteiger partial charge on any atom is -0.425 e. The summed E-state index contributed by atoms with van der Waals surface area (Å²) in [6, 6.07) is 0. The zero-order valence-corrected chi connectivity index (χ0v) is 10.1. The highest BCUT2D eigenvalue weighted by molar-refractivity contribution is 5.98. The topological polar surface area (TPSA) is 67.6 Å². The van der Waals surface area contributed by atoms with E-state index in [1.165, 1.54) is 6.39 Å². The van der Waals surface area contributed by atoms with Crippen LogP contribution in [0, 0.1) is 5.41 Å². The Morgan fingerprint density at radius 2 is 2.06 bits per heavy atom. The maximum absolute atomic E-state index is 5.28. The lowest BCUT2D eigenvalue weighted by atomic mass is 9.90. The predicted octanol–water partition coefficient (Wildman–Crippen LogP) is 2.69. The van der Waals surface area contributed by atoms with E-state index in [1.54, 1.807) is 6.33 Å². The average Bonchev–Trinajstić information content (AvgIpc) is 2.79. The van der Waals surface area contributed by atoms with Crippen LogP contribution in [-0.4, -0.2) is 19.9 Å². The molecule has 3 aromatic heterocycles. The molecule has 0 fully saturated rings. The molecule has 0 aliphatic heterocycles. The van der Waals surface area contributed by atoms with E-state index in [0.29, 0.717) is 5.71 Å². The van der Waals surface area contributed by atoms with Crippen molar-refractivity contribution in [3.05, 3.63) is 18.4 Å². The smallest absolute Gasteiger partial charge is 0.249 e. The number of imidazole rings is 1. The maximum Gasteiger partial charge on any atom is 0.249 e. The molecule has 3 aromatic rings. The molecular formula is C12H14N4O. The van der Waals surface area contributed by atoms with Crippen LogP contribution in [0.25, 0.3) is 22.3 Å². The molecule has 0 aliphatic carbocycles. The van der Waals surface area contributed by atoms with Crippen LogP contribution in [0.3, 0.4) is 0 Å². The third-order valence-electron chi connectivity index (χ3n) is 2.63. The van der Waals surface area contributed by atoms with Crippen molar-refractivity contribution in [2.24, 2.45) is 5.41 Å². The second kappa shape index (κ2) is 3.29. The van der Waals surface area contributed by atoms with Crippen molar-refractivity contribution in [3.63, 3.8) is 0 Å². The summed E-state index contributed by atoms with van der Waals surface area (Å²) in [5, 5.41) is 0. The molecular weight excluding hydrogens is 216 g/mol. The van der Waals surface area contributed by atoms with Gasteiger partial charge in [-0.15, -0.1) is 0 Å². The van der Waals surface area contributed by atoms with E-state index >= 15 is 0 Å². The van der Waals surface area contributed by atoms with Gasteiger partial charge in [0, 0.05) is 0 Å². The van der Waals surface area contributed by atoms with Gasteiger partial charge >= 0.3 is 0 Å². The largest absolute Gasteiger partial charge is 0.425 e. The summed E-state index contributed by atoms with van der Waals surface area (Å²) in [6.07, 6.45) is 3.94. The first-order valence-electron chi connectivity index (χ1n) is 5.60. The maximum atomic E-state index is 5.28. The van der Waals surface area contributed by atoms with E-state index in [0.717, 1.165) is 28.7 Å². The highest BCUT2D eigenvalue weighted by Gasteiger charge is 2.19. The van der Waals surface area contributed by atoms with Gasteiger partial charge in [-0.1, -0.05) is 20.8 Å². The number of rotatable bonds is 1. The van der Waals surface area contributed by atoms with Crippen molar-refractivity contribution in [1.29, 1.82) is 0 Å². The fraction of sp³-hybridized carbons (Fsp3) is 0.417. The third kappa shape index (κ3) is 1.67. The van der Waals surface area contributed by atoms with Gasteiger partial charge in [0.05, 0.1) is 17.5 Å². The van der Waals surface area contributed by atoms with Crippen molar-refractivity contribution in [2.45, 2.75) is 27.2 Å². The molecule has 17 heavy (non-hydrogen) atoms. The zero-order chi connectivity index (χ0) is 12.0. The number of hydrogen-bond acceptors (Lipinski definition) is 4. The monoisotopic (exact) mass is 230 g/mol. The van der Waals surface area contributed by atoms with Gasteiger partial charge in [-0.05, 0) is 11.8 Å². The first-order valence-corrected chi connectivity index (χ1v) is 5.60. The molecule has 5 nitrogen and oxygen atoms in total. The Balaban J connectivity index is 2.30.